The molecule has 1 aliphatic rings. The first kappa shape index (κ1) is 9.88. The molecule has 0 atom stereocenters. The van der Waals surface area contributed by atoms with E-state index < -0.39 is 0 Å². The van der Waals surface area contributed by atoms with Crippen molar-refractivity contribution in [1.29, 1.82) is 0 Å². The van der Waals surface area contributed by atoms with Crippen molar-refractivity contribution in [2.75, 3.05) is 13.1 Å². The Morgan fingerprint density at radius 3 is 2.09 bits per heavy atom. The highest BCUT2D eigenvalue weighted by molar-refractivity contribution is 5.80. The first-order valence-corrected chi connectivity index (χ1v) is 3.54. The number of likely N-dealkylation sites (tertiary alicyclic amines) is 1. The van der Waals surface area contributed by atoms with E-state index in [-0.39, 0.29) is 5.78 Å². The maximum Gasteiger partial charge on any atom is 0.209 e. The lowest BCUT2D eigenvalue weighted by atomic mass is 10.1. The molecule has 0 aromatic carbocycles. The van der Waals surface area contributed by atoms with E-state index in [4.69, 9.17) is 0 Å². The molecule has 1 aliphatic heterocycles. The second-order valence-electron chi connectivity index (χ2n) is 2.18. The van der Waals surface area contributed by atoms with E-state index in [2.05, 4.69) is 13.2 Å². The molecular formula is C8H13NO2. The molecule has 1 heterocycles. The summed E-state index contributed by atoms with van der Waals surface area (Å²) in [7, 11) is 0. The SMILES string of the molecule is C=C.O=CN1CCC(=O)CC1. The van der Waals surface area contributed by atoms with E-state index in [0.717, 1.165) is 6.41 Å². The van der Waals surface area contributed by atoms with Gasteiger partial charge in [-0.25, -0.2) is 0 Å². The van der Waals surface area contributed by atoms with Crippen LogP contribution in [0, 0.1) is 0 Å². The molecule has 0 aromatic heterocycles. The Kier molecular flexibility index (Phi) is 5.07. The second-order valence-corrected chi connectivity index (χ2v) is 2.18. The second kappa shape index (κ2) is 5.65. The van der Waals surface area contributed by atoms with Gasteiger partial charge < -0.3 is 4.90 Å². The Balaban J connectivity index is 0.000000461. The third kappa shape index (κ3) is 3.55. The minimum Gasteiger partial charge on any atom is -0.344 e. The predicted molar refractivity (Wildman–Crippen MR) is 43.1 cm³/mol. The summed E-state index contributed by atoms with van der Waals surface area (Å²) in [6.07, 6.45) is 1.88. The molecule has 3 heteroatoms. The number of hydrogen-bond donors (Lipinski definition) is 0. The standard InChI is InChI=1S/C6H9NO2.C2H4/c8-5-7-3-1-6(9)2-4-7;1-2/h5H,1-4H2;1-2H2. The number of rotatable bonds is 1. The van der Waals surface area contributed by atoms with E-state index >= 15 is 0 Å². The Labute approximate surface area is 66.7 Å². The number of carbonyl (C=O) groups is 2. The molecule has 11 heavy (non-hydrogen) atoms. The van der Waals surface area contributed by atoms with Crippen LogP contribution in [0.1, 0.15) is 12.8 Å². The number of ketones is 1. The smallest absolute Gasteiger partial charge is 0.209 e. The Hall–Kier alpha value is -1.12. The normalized spacial score (nSPS) is 16.7. The van der Waals surface area contributed by atoms with E-state index in [1.807, 2.05) is 0 Å². The summed E-state index contributed by atoms with van der Waals surface area (Å²) < 4.78 is 0. The lowest BCUT2D eigenvalue weighted by Gasteiger charge is -2.20. The molecule has 0 radical (unpaired) electrons. The average molecular weight is 155 g/mol. The summed E-state index contributed by atoms with van der Waals surface area (Å²) in [6.45, 7) is 7.23. The summed E-state index contributed by atoms with van der Waals surface area (Å²) >= 11 is 0. The van der Waals surface area contributed by atoms with Crippen molar-refractivity contribution in [2.24, 2.45) is 0 Å². The van der Waals surface area contributed by atoms with Crippen molar-refractivity contribution in [3.8, 4) is 0 Å². The lowest BCUT2D eigenvalue weighted by molar-refractivity contribution is -0.125. The fourth-order valence-electron chi connectivity index (χ4n) is 0.879. The maximum atomic E-state index is 10.6. The fraction of sp³-hybridized carbons (Fsp3) is 0.500. The van der Waals surface area contributed by atoms with Crippen molar-refractivity contribution in [1.82, 2.24) is 4.90 Å². The lowest BCUT2D eigenvalue weighted by Crippen LogP contribution is -2.32. The van der Waals surface area contributed by atoms with E-state index in [0.29, 0.717) is 25.9 Å². The van der Waals surface area contributed by atoms with Gasteiger partial charge in [0.05, 0.1) is 0 Å². The van der Waals surface area contributed by atoms with Crippen LogP contribution < -0.4 is 0 Å². The van der Waals surface area contributed by atoms with Crippen LogP contribution >= 0.6 is 0 Å². The number of piperidine rings is 1. The zero-order valence-corrected chi connectivity index (χ0v) is 6.58. The molecular weight excluding hydrogens is 142 g/mol. The highest BCUT2D eigenvalue weighted by Gasteiger charge is 2.13. The zero-order chi connectivity index (χ0) is 8.69. The highest BCUT2D eigenvalue weighted by Crippen LogP contribution is 2.01. The van der Waals surface area contributed by atoms with Crippen LogP contribution in [-0.2, 0) is 9.59 Å². The van der Waals surface area contributed by atoms with Gasteiger partial charge in [-0.2, -0.15) is 0 Å². The molecule has 0 N–H and O–H groups in total. The number of nitrogens with zero attached hydrogens (tertiary/aromatic N) is 1. The number of hydrogen-bond acceptors (Lipinski definition) is 2. The quantitative estimate of drug-likeness (QED) is 0.411. The van der Waals surface area contributed by atoms with Crippen molar-refractivity contribution in [3.05, 3.63) is 13.2 Å². The van der Waals surface area contributed by atoms with Gasteiger partial charge >= 0.3 is 0 Å². The molecule has 0 aliphatic carbocycles. The molecule has 0 saturated carbocycles. The van der Waals surface area contributed by atoms with Gasteiger partial charge in [-0.05, 0) is 0 Å². The third-order valence-electron chi connectivity index (χ3n) is 1.50. The number of Topliss-reactive ketones (excluding diaryl/α,β-unsaturated/α-hetero) is 1. The molecule has 1 amide bonds. The van der Waals surface area contributed by atoms with Gasteiger partial charge in [-0.1, -0.05) is 0 Å². The predicted octanol–water partition coefficient (Wildman–Crippen LogP) is 0.610. The first-order chi connectivity index (χ1) is 5.33. The van der Waals surface area contributed by atoms with E-state index in [9.17, 15) is 9.59 Å². The molecule has 0 aromatic rings. The van der Waals surface area contributed by atoms with Crippen molar-refractivity contribution in [3.63, 3.8) is 0 Å². The van der Waals surface area contributed by atoms with Crippen LogP contribution in [0.25, 0.3) is 0 Å². The van der Waals surface area contributed by atoms with Crippen LogP contribution in [0.3, 0.4) is 0 Å². The van der Waals surface area contributed by atoms with Gasteiger partial charge in [-0.3, -0.25) is 9.59 Å². The van der Waals surface area contributed by atoms with Crippen LogP contribution in [0.4, 0.5) is 0 Å². The molecule has 1 fully saturated rings. The Bertz CT molecular complexity index is 135. The highest BCUT2D eigenvalue weighted by atomic mass is 16.1. The van der Waals surface area contributed by atoms with Crippen LogP contribution in [0.5, 0.6) is 0 Å². The van der Waals surface area contributed by atoms with Crippen molar-refractivity contribution >= 4 is 12.2 Å². The molecule has 0 unspecified atom stereocenters. The van der Waals surface area contributed by atoms with Crippen LogP contribution in [-0.4, -0.2) is 30.2 Å². The molecule has 0 spiro atoms. The summed E-state index contributed by atoms with van der Waals surface area (Å²) in [6, 6.07) is 0. The number of carbonyl (C=O) groups excluding carboxylic acids is 2. The molecule has 62 valence electrons. The molecule has 1 saturated heterocycles. The van der Waals surface area contributed by atoms with Crippen molar-refractivity contribution < 1.29 is 9.59 Å². The molecule has 0 bridgehead atoms. The van der Waals surface area contributed by atoms with Crippen LogP contribution in [0.2, 0.25) is 0 Å². The van der Waals surface area contributed by atoms with Gasteiger partial charge in [0.15, 0.2) is 0 Å². The summed E-state index contributed by atoms with van der Waals surface area (Å²) in [5, 5.41) is 0. The summed E-state index contributed by atoms with van der Waals surface area (Å²) in [4.78, 5) is 22.3. The summed E-state index contributed by atoms with van der Waals surface area (Å²) in [5.41, 5.74) is 0. The van der Waals surface area contributed by atoms with Gasteiger partial charge in [-0.15, -0.1) is 13.2 Å². The van der Waals surface area contributed by atoms with Crippen molar-refractivity contribution in [2.45, 2.75) is 12.8 Å². The van der Waals surface area contributed by atoms with Gasteiger partial charge in [0, 0.05) is 25.9 Å². The molecule has 3 nitrogen and oxygen atoms in total. The zero-order valence-electron chi connectivity index (χ0n) is 6.58. The Morgan fingerprint density at radius 1 is 1.27 bits per heavy atom. The third-order valence-corrected chi connectivity index (χ3v) is 1.50. The number of amides is 1. The summed E-state index contributed by atoms with van der Waals surface area (Å²) in [5.74, 6) is 0.271. The molecule has 1 rings (SSSR count). The average Bonchev–Trinajstić information content (AvgIpc) is 2.10. The maximum absolute atomic E-state index is 10.6. The van der Waals surface area contributed by atoms with Gasteiger partial charge in [0.2, 0.25) is 6.41 Å². The topological polar surface area (TPSA) is 37.4 Å². The van der Waals surface area contributed by atoms with E-state index in [1.165, 1.54) is 0 Å². The largest absolute Gasteiger partial charge is 0.344 e. The minimum absolute atomic E-state index is 0.271. The fourth-order valence-corrected chi connectivity index (χ4v) is 0.879. The van der Waals surface area contributed by atoms with Gasteiger partial charge in [0.25, 0.3) is 0 Å². The monoisotopic (exact) mass is 155 g/mol. The van der Waals surface area contributed by atoms with Gasteiger partial charge in [0.1, 0.15) is 5.78 Å². The minimum atomic E-state index is 0.271. The Morgan fingerprint density at radius 2 is 1.73 bits per heavy atom. The van der Waals surface area contributed by atoms with E-state index in [1.54, 1.807) is 4.90 Å². The first-order valence-electron chi connectivity index (χ1n) is 3.54. The van der Waals surface area contributed by atoms with Crippen LogP contribution in [0.15, 0.2) is 13.2 Å².